The van der Waals surface area contributed by atoms with E-state index in [1.165, 1.54) is 0 Å². The van der Waals surface area contributed by atoms with Gasteiger partial charge in [0.25, 0.3) is 0 Å². The highest BCUT2D eigenvalue weighted by Crippen LogP contribution is 1.99. The third-order valence-electron chi connectivity index (χ3n) is 1.84. The van der Waals surface area contributed by atoms with E-state index < -0.39 is 48.8 Å². The van der Waals surface area contributed by atoms with Crippen LogP contribution in [0.5, 0.6) is 0 Å². The first kappa shape index (κ1) is 14.8. The summed E-state index contributed by atoms with van der Waals surface area (Å²) in [5.41, 5.74) is 0. The van der Waals surface area contributed by atoms with Gasteiger partial charge in [-0.3, -0.25) is 19.2 Å². The van der Waals surface area contributed by atoms with Gasteiger partial charge in [0, 0.05) is 6.54 Å². The van der Waals surface area contributed by atoms with Crippen LogP contribution in [-0.2, 0) is 19.2 Å². The van der Waals surface area contributed by atoms with E-state index in [1.54, 1.807) is 0 Å². The van der Waals surface area contributed by atoms with Gasteiger partial charge in [0.15, 0.2) is 5.92 Å². The van der Waals surface area contributed by atoms with Crippen LogP contribution in [0.15, 0.2) is 0 Å². The quantitative estimate of drug-likeness (QED) is 0.315. The lowest BCUT2D eigenvalue weighted by Gasteiger charge is -2.14. The zero-order valence-electron chi connectivity index (χ0n) is 8.49. The Bertz CT molecular complexity index is 324. The Labute approximate surface area is 94.7 Å². The number of carbonyl (C=O) groups is 4. The van der Waals surface area contributed by atoms with Crippen molar-refractivity contribution in [3.05, 3.63) is 0 Å². The number of nitrogens with one attached hydrogen (secondary N) is 1. The number of aliphatic carboxylic acids is 4. The highest BCUT2D eigenvalue weighted by Gasteiger charge is 2.28. The molecular weight excluding hydrogens is 238 g/mol. The molecule has 0 rings (SSSR count). The molecule has 0 aromatic rings. The van der Waals surface area contributed by atoms with E-state index in [9.17, 15) is 19.2 Å². The Hall–Kier alpha value is -2.16. The summed E-state index contributed by atoms with van der Waals surface area (Å²) >= 11 is 0. The number of hydrogen-bond donors (Lipinski definition) is 5. The second-order valence-electron chi connectivity index (χ2n) is 3.13. The van der Waals surface area contributed by atoms with Gasteiger partial charge in [-0.1, -0.05) is 0 Å². The largest absolute Gasteiger partial charge is 0.481 e. The summed E-state index contributed by atoms with van der Waals surface area (Å²) in [7, 11) is 0. The summed E-state index contributed by atoms with van der Waals surface area (Å²) in [5.74, 6) is -7.99. The number of rotatable bonds is 8. The number of hydrogen-bond acceptors (Lipinski definition) is 5. The summed E-state index contributed by atoms with van der Waals surface area (Å²) in [4.78, 5) is 41.8. The van der Waals surface area contributed by atoms with Gasteiger partial charge < -0.3 is 25.7 Å². The van der Waals surface area contributed by atoms with E-state index in [-0.39, 0.29) is 0 Å². The molecule has 0 aromatic heterocycles. The van der Waals surface area contributed by atoms with Crippen molar-refractivity contribution >= 4 is 23.9 Å². The van der Waals surface area contributed by atoms with Crippen molar-refractivity contribution < 1.29 is 39.6 Å². The molecule has 0 spiro atoms. The van der Waals surface area contributed by atoms with Crippen LogP contribution in [-0.4, -0.2) is 56.9 Å². The van der Waals surface area contributed by atoms with Gasteiger partial charge in [-0.05, 0) is 0 Å². The van der Waals surface area contributed by atoms with E-state index in [2.05, 4.69) is 5.32 Å². The normalized spacial score (nSPS) is 12.1. The van der Waals surface area contributed by atoms with E-state index in [0.717, 1.165) is 0 Å². The van der Waals surface area contributed by atoms with Crippen LogP contribution in [0, 0.1) is 5.92 Å². The van der Waals surface area contributed by atoms with E-state index in [4.69, 9.17) is 20.4 Å². The first-order chi connectivity index (χ1) is 7.75. The molecule has 0 saturated heterocycles. The van der Waals surface area contributed by atoms with Crippen LogP contribution < -0.4 is 5.32 Å². The maximum Gasteiger partial charge on any atom is 0.321 e. The molecule has 0 saturated carbocycles. The van der Waals surface area contributed by atoms with Crippen LogP contribution in [0.25, 0.3) is 0 Å². The Morgan fingerprint density at radius 3 is 1.65 bits per heavy atom. The molecule has 0 radical (unpaired) electrons. The van der Waals surface area contributed by atoms with Gasteiger partial charge in [0.05, 0.1) is 6.42 Å². The molecule has 0 bridgehead atoms. The molecule has 5 N–H and O–H groups in total. The standard InChI is InChI=1S/C8H11NO8/c10-5(11)1-4(8(16)17)9-2-3(6(12)13)7(14)15/h3-4,9H,1-2H2,(H,10,11)(H,12,13)(H,14,15)(H,16,17). The van der Waals surface area contributed by atoms with E-state index in [1.807, 2.05) is 0 Å². The van der Waals surface area contributed by atoms with Gasteiger partial charge in [0.1, 0.15) is 6.04 Å². The van der Waals surface area contributed by atoms with Crippen molar-refractivity contribution in [1.82, 2.24) is 5.32 Å². The van der Waals surface area contributed by atoms with Crippen molar-refractivity contribution in [1.29, 1.82) is 0 Å². The van der Waals surface area contributed by atoms with Crippen LogP contribution in [0.1, 0.15) is 6.42 Å². The molecule has 0 aliphatic rings. The molecule has 0 amide bonds. The molecule has 9 nitrogen and oxygen atoms in total. The molecule has 0 heterocycles. The lowest BCUT2D eigenvalue weighted by molar-refractivity contribution is -0.155. The first-order valence-electron chi connectivity index (χ1n) is 4.39. The minimum Gasteiger partial charge on any atom is -0.481 e. The predicted molar refractivity (Wildman–Crippen MR) is 50.4 cm³/mol. The maximum atomic E-state index is 10.6. The zero-order valence-corrected chi connectivity index (χ0v) is 8.49. The fourth-order valence-electron chi connectivity index (χ4n) is 0.962. The summed E-state index contributed by atoms with van der Waals surface area (Å²) in [5, 5.41) is 36.0. The fourth-order valence-corrected chi connectivity index (χ4v) is 0.962. The van der Waals surface area contributed by atoms with Crippen LogP contribution in [0.2, 0.25) is 0 Å². The minimum atomic E-state index is -1.83. The van der Waals surface area contributed by atoms with Crippen LogP contribution in [0.4, 0.5) is 0 Å². The highest BCUT2D eigenvalue weighted by atomic mass is 16.4. The second kappa shape index (κ2) is 6.43. The molecule has 0 aliphatic carbocycles. The van der Waals surface area contributed by atoms with Gasteiger partial charge in [-0.2, -0.15) is 0 Å². The van der Waals surface area contributed by atoms with Gasteiger partial charge >= 0.3 is 23.9 Å². The third kappa shape index (κ3) is 5.47. The van der Waals surface area contributed by atoms with Crippen molar-refractivity contribution in [2.24, 2.45) is 5.92 Å². The van der Waals surface area contributed by atoms with Gasteiger partial charge in [0.2, 0.25) is 0 Å². The summed E-state index contributed by atoms with van der Waals surface area (Å²) in [6, 6.07) is -1.53. The van der Waals surface area contributed by atoms with E-state index >= 15 is 0 Å². The molecule has 0 fully saturated rings. The summed E-state index contributed by atoms with van der Waals surface area (Å²) in [6.07, 6.45) is -0.776. The zero-order chi connectivity index (χ0) is 13.6. The molecular formula is C8H11NO8. The maximum absolute atomic E-state index is 10.6. The topological polar surface area (TPSA) is 161 Å². The molecule has 0 aromatic carbocycles. The fraction of sp³-hybridized carbons (Fsp3) is 0.500. The van der Waals surface area contributed by atoms with Gasteiger partial charge in [-0.15, -0.1) is 0 Å². The summed E-state index contributed by atoms with van der Waals surface area (Å²) in [6.45, 7) is -0.672. The van der Waals surface area contributed by atoms with Crippen molar-refractivity contribution in [2.45, 2.75) is 12.5 Å². The Morgan fingerprint density at radius 1 is 0.882 bits per heavy atom. The molecule has 0 aliphatic heterocycles. The Balaban J connectivity index is 4.47. The average molecular weight is 249 g/mol. The predicted octanol–water partition coefficient (Wildman–Crippen LogP) is -1.71. The first-order valence-corrected chi connectivity index (χ1v) is 4.39. The lowest BCUT2D eigenvalue weighted by Crippen LogP contribution is -2.44. The number of carboxylic acids is 4. The highest BCUT2D eigenvalue weighted by molar-refractivity contribution is 5.93. The summed E-state index contributed by atoms with van der Waals surface area (Å²) < 4.78 is 0. The third-order valence-corrected chi connectivity index (χ3v) is 1.84. The van der Waals surface area contributed by atoms with E-state index in [0.29, 0.717) is 0 Å². The molecule has 1 atom stereocenters. The van der Waals surface area contributed by atoms with Crippen LogP contribution >= 0.6 is 0 Å². The molecule has 96 valence electrons. The lowest BCUT2D eigenvalue weighted by atomic mass is 10.1. The van der Waals surface area contributed by atoms with Crippen molar-refractivity contribution in [2.75, 3.05) is 6.54 Å². The SMILES string of the molecule is O=C(O)CC(NCC(C(=O)O)C(=O)O)C(=O)O. The molecule has 9 heteroatoms. The Morgan fingerprint density at radius 2 is 1.35 bits per heavy atom. The molecule has 17 heavy (non-hydrogen) atoms. The van der Waals surface area contributed by atoms with Crippen LogP contribution in [0.3, 0.4) is 0 Å². The van der Waals surface area contributed by atoms with Gasteiger partial charge in [-0.25, -0.2) is 0 Å². The average Bonchev–Trinajstić information content (AvgIpc) is 2.14. The number of carboxylic acid groups (broad SMARTS) is 4. The Kier molecular flexibility index (Phi) is 5.61. The molecule has 1 unspecified atom stereocenters. The minimum absolute atomic E-state index is 0.672. The van der Waals surface area contributed by atoms with Crippen molar-refractivity contribution in [3.8, 4) is 0 Å². The monoisotopic (exact) mass is 249 g/mol. The van der Waals surface area contributed by atoms with Crippen molar-refractivity contribution in [3.63, 3.8) is 0 Å². The second-order valence-corrected chi connectivity index (χ2v) is 3.13. The smallest absolute Gasteiger partial charge is 0.321 e.